The minimum Gasteiger partial charge on any atom is -0.465 e. The molecule has 2 heterocycles. The summed E-state index contributed by atoms with van der Waals surface area (Å²) in [4.78, 5) is 25.3. The summed E-state index contributed by atoms with van der Waals surface area (Å²) < 4.78 is 46.1. The van der Waals surface area contributed by atoms with Crippen LogP contribution in [0.4, 0.5) is 9.39 Å². The summed E-state index contributed by atoms with van der Waals surface area (Å²) in [6, 6.07) is 10.7. The minimum atomic E-state index is -3.98. The van der Waals surface area contributed by atoms with Gasteiger partial charge >= 0.3 is 5.97 Å². The molecule has 31 heavy (non-hydrogen) atoms. The molecule has 1 amide bonds. The van der Waals surface area contributed by atoms with Gasteiger partial charge in [-0.05, 0) is 43.2 Å². The number of anilines is 1. The van der Waals surface area contributed by atoms with Crippen molar-refractivity contribution in [2.45, 2.75) is 23.8 Å². The van der Waals surface area contributed by atoms with Crippen molar-refractivity contribution in [2.75, 3.05) is 19.0 Å². The van der Waals surface area contributed by atoms with Crippen LogP contribution in [0.25, 0.3) is 10.1 Å². The molecule has 7 nitrogen and oxygen atoms in total. The molecule has 10 heteroatoms. The number of methoxy groups -OCH3 is 1. The predicted molar refractivity (Wildman–Crippen MR) is 115 cm³/mol. The first-order valence-corrected chi connectivity index (χ1v) is 11.8. The van der Waals surface area contributed by atoms with E-state index in [1.807, 2.05) is 12.1 Å². The summed E-state index contributed by atoms with van der Waals surface area (Å²) in [5.74, 6) is -1.66. The number of benzene rings is 2. The standard InChI is InChI=1S/C21H19FN2O5S2/c1-29-21(26)18-15-5-2-3-7-17(15)30-20(18)23-19(25)16-6-4-12-24(16)31(27,28)14-10-8-13(22)9-11-14/h2-3,5,7-11,16H,4,6,12H2,1H3,(H,23,25). The fraction of sp³-hybridized carbons (Fsp3) is 0.238. The Morgan fingerprint density at radius 2 is 1.87 bits per heavy atom. The zero-order valence-corrected chi connectivity index (χ0v) is 18.1. The van der Waals surface area contributed by atoms with Crippen LogP contribution in [0.3, 0.4) is 0 Å². The van der Waals surface area contributed by atoms with Gasteiger partial charge in [-0.3, -0.25) is 4.79 Å². The maximum Gasteiger partial charge on any atom is 0.341 e. The molecule has 4 rings (SSSR count). The van der Waals surface area contributed by atoms with Gasteiger partial charge in [0.15, 0.2) is 0 Å². The summed E-state index contributed by atoms with van der Waals surface area (Å²) in [6.45, 7) is 0.175. The van der Waals surface area contributed by atoms with Gasteiger partial charge < -0.3 is 10.1 Å². The molecular formula is C21H19FN2O5S2. The van der Waals surface area contributed by atoms with E-state index < -0.39 is 33.8 Å². The molecule has 1 fully saturated rings. The van der Waals surface area contributed by atoms with Gasteiger partial charge in [0.05, 0.1) is 12.0 Å². The van der Waals surface area contributed by atoms with Gasteiger partial charge in [-0.2, -0.15) is 4.31 Å². The molecule has 0 saturated carbocycles. The average molecular weight is 463 g/mol. The predicted octanol–water partition coefficient (Wildman–Crippen LogP) is 3.62. The van der Waals surface area contributed by atoms with Gasteiger partial charge in [-0.15, -0.1) is 11.3 Å². The number of carbonyl (C=O) groups excluding carboxylic acids is 2. The van der Waals surface area contributed by atoms with Crippen molar-refractivity contribution >= 4 is 48.3 Å². The molecule has 3 aromatic rings. The van der Waals surface area contributed by atoms with Crippen LogP contribution in [-0.2, 0) is 19.6 Å². The van der Waals surface area contributed by atoms with Crippen LogP contribution < -0.4 is 5.32 Å². The van der Waals surface area contributed by atoms with E-state index in [9.17, 15) is 22.4 Å². The van der Waals surface area contributed by atoms with Crippen molar-refractivity contribution in [2.24, 2.45) is 0 Å². The van der Waals surface area contributed by atoms with E-state index in [4.69, 9.17) is 4.74 Å². The molecule has 162 valence electrons. The first-order valence-electron chi connectivity index (χ1n) is 9.51. The summed E-state index contributed by atoms with van der Waals surface area (Å²) in [6.07, 6.45) is 0.847. The van der Waals surface area contributed by atoms with E-state index in [1.165, 1.54) is 30.6 Å². The molecule has 0 spiro atoms. The molecule has 1 aliphatic rings. The van der Waals surface area contributed by atoms with Crippen LogP contribution >= 0.6 is 11.3 Å². The third-order valence-corrected chi connectivity index (χ3v) is 8.16. The third-order valence-electron chi connectivity index (χ3n) is 5.15. The highest BCUT2D eigenvalue weighted by Crippen LogP contribution is 2.37. The Morgan fingerprint density at radius 1 is 1.16 bits per heavy atom. The molecule has 0 bridgehead atoms. The highest BCUT2D eigenvalue weighted by molar-refractivity contribution is 7.89. The highest BCUT2D eigenvalue weighted by Gasteiger charge is 2.40. The maximum absolute atomic E-state index is 13.2. The number of carbonyl (C=O) groups is 2. The van der Waals surface area contributed by atoms with Crippen molar-refractivity contribution in [3.05, 3.63) is 59.9 Å². The number of esters is 1. The smallest absolute Gasteiger partial charge is 0.341 e. The van der Waals surface area contributed by atoms with E-state index >= 15 is 0 Å². The first kappa shape index (κ1) is 21.4. The zero-order chi connectivity index (χ0) is 22.2. The molecule has 1 N–H and O–H groups in total. The number of amides is 1. The van der Waals surface area contributed by atoms with E-state index in [2.05, 4.69) is 5.32 Å². The topological polar surface area (TPSA) is 92.8 Å². The van der Waals surface area contributed by atoms with E-state index in [0.717, 1.165) is 21.1 Å². The van der Waals surface area contributed by atoms with Gasteiger partial charge in [-0.25, -0.2) is 17.6 Å². The molecule has 1 aromatic heterocycles. The van der Waals surface area contributed by atoms with Crippen LogP contribution in [0.1, 0.15) is 23.2 Å². The van der Waals surface area contributed by atoms with Crippen LogP contribution in [-0.4, -0.2) is 44.3 Å². The number of fused-ring (bicyclic) bond motifs is 1. The van der Waals surface area contributed by atoms with E-state index in [0.29, 0.717) is 23.2 Å². The lowest BCUT2D eigenvalue weighted by Crippen LogP contribution is -2.43. The Hall–Kier alpha value is -2.82. The molecule has 1 aliphatic heterocycles. The number of halogens is 1. The van der Waals surface area contributed by atoms with Gasteiger partial charge in [0, 0.05) is 16.6 Å². The number of nitrogens with one attached hydrogen (secondary N) is 1. The molecular weight excluding hydrogens is 443 g/mol. The number of nitrogens with zero attached hydrogens (tertiary/aromatic N) is 1. The fourth-order valence-electron chi connectivity index (χ4n) is 3.67. The van der Waals surface area contributed by atoms with Crippen molar-refractivity contribution < 1.29 is 27.1 Å². The number of hydrogen-bond acceptors (Lipinski definition) is 6. The Kier molecular flexibility index (Phi) is 5.78. The minimum absolute atomic E-state index is 0.0780. The lowest BCUT2D eigenvalue weighted by molar-refractivity contribution is -0.119. The average Bonchev–Trinajstić information content (AvgIpc) is 3.39. The van der Waals surface area contributed by atoms with Gasteiger partial charge in [0.1, 0.15) is 22.4 Å². The van der Waals surface area contributed by atoms with Crippen LogP contribution in [0.5, 0.6) is 0 Å². The van der Waals surface area contributed by atoms with Gasteiger partial charge in [-0.1, -0.05) is 18.2 Å². The molecule has 0 aliphatic carbocycles. The number of ether oxygens (including phenoxy) is 1. The molecule has 1 saturated heterocycles. The highest BCUT2D eigenvalue weighted by atomic mass is 32.2. The summed E-state index contributed by atoms with van der Waals surface area (Å²) >= 11 is 1.22. The lowest BCUT2D eigenvalue weighted by Gasteiger charge is -2.23. The van der Waals surface area contributed by atoms with Gasteiger partial charge in [0.2, 0.25) is 15.9 Å². The van der Waals surface area contributed by atoms with Crippen molar-refractivity contribution in [1.82, 2.24) is 4.31 Å². The Bertz CT molecular complexity index is 1250. The monoisotopic (exact) mass is 462 g/mol. The zero-order valence-electron chi connectivity index (χ0n) is 16.5. The SMILES string of the molecule is COC(=O)c1c(NC(=O)C2CCCN2S(=O)(=O)c2ccc(F)cc2)sc2ccccc12. The Balaban J connectivity index is 1.64. The number of hydrogen-bond donors (Lipinski definition) is 1. The summed E-state index contributed by atoms with van der Waals surface area (Å²) in [5, 5.41) is 3.69. The third kappa shape index (κ3) is 3.93. The largest absolute Gasteiger partial charge is 0.465 e. The van der Waals surface area contributed by atoms with Crippen molar-refractivity contribution in [3.8, 4) is 0 Å². The Morgan fingerprint density at radius 3 is 2.58 bits per heavy atom. The molecule has 0 radical (unpaired) electrons. The van der Waals surface area contributed by atoms with Crippen molar-refractivity contribution in [3.63, 3.8) is 0 Å². The number of sulfonamides is 1. The van der Waals surface area contributed by atoms with Crippen molar-refractivity contribution in [1.29, 1.82) is 0 Å². The number of rotatable bonds is 5. The lowest BCUT2D eigenvalue weighted by atomic mass is 10.1. The van der Waals surface area contributed by atoms with Crippen LogP contribution in [0.15, 0.2) is 53.4 Å². The normalized spacial score (nSPS) is 17.0. The quantitative estimate of drug-likeness (QED) is 0.585. The number of thiophene rings is 1. The summed E-state index contributed by atoms with van der Waals surface area (Å²) in [5.41, 5.74) is 0.238. The van der Waals surface area contributed by atoms with Gasteiger partial charge in [0.25, 0.3) is 0 Å². The second kappa shape index (κ2) is 8.37. The van der Waals surface area contributed by atoms with E-state index in [-0.39, 0.29) is 17.0 Å². The molecule has 1 atom stereocenters. The first-order chi connectivity index (χ1) is 14.8. The second-order valence-corrected chi connectivity index (χ2v) is 9.95. The maximum atomic E-state index is 13.2. The second-order valence-electron chi connectivity index (χ2n) is 7.01. The fourth-order valence-corrected chi connectivity index (χ4v) is 6.42. The van der Waals surface area contributed by atoms with E-state index in [1.54, 1.807) is 12.1 Å². The van der Waals surface area contributed by atoms with Crippen LogP contribution in [0, 0.1) is 5.82 Å². The Labute approximate surface area is 182 Å². The molecule has 2 aromatic carbocycles. The summed E-state index contributed by atoms with van der Waals surface area (Å²) in [7, 11) is -2.72. The van der Waals surface area contributed by atoms with Crippen LogP contribution in [0.2, 0.25) is 0 Å². The molecule has 1 unspecified atom stereocenters.